The quantitative estimate of drug-likeness (QED) is 0.131. The Morgan fingerprint density at radius 2 is 0.442 bits per heavy atom. The van der Waals surface area contributed by atoms with Gasteiger partial charge in [0.2, 0.25) is 34.5 Å². The third kappa shape index (κ3) is 9.90. The zero-order valence-corrected chi connectivity index (χ0v) is 22.1. The first-order valence-corrected chi connectivity index (χ1v) is 10.8. The van der Waals surface area contributed by atoms with E-state index >= 15 is 0 Å². The van der Waals surface area contributed by atoms with Crippen LogP contribution in [0.25, 0.3) is 0 Å². The molecule has 0 aliphatic heterocycles. The number of ether oxygens (including phenoxy) is 6. The summed E-state index contributed by atoms with van der Waals surface area (Å²) >= 11 is 0. The van der Waals surface area contributed by atoms with Crippen molar-refractivity contribution in [3.05, 3.63) is 0 Å². The highest BCUT2D eigenvalue weighted by Crippen LogP contribution is 2.64. The molecule has 8 nitrogen and oxygen atoms in total. The van der Waals surface area contributed by atoms with Gasteiger partial charge in [0.15, 0.2) is 0 Å². The van der Waals surface area contributed by atoms with Crippen LogP contribution in [-0.2, 0) is 9.59 Å². The zero-order valence-electron chi connectivity index (χ0n) is 22.1. The van der Waals surface area contributed by atoms with E-state index in [0.717, 1.165) is 0 Å². The average Bonchev–Trinajstić information content (AvgIpc) is 2.85. The van der Waals surface area contributed by atoms with Crippen LogP contribution in [0.15, 0.2) is 0 Å². The molecular weight excluding hydrogens is 838 g/mol. The van der Waals surface area contributed by atoms with E-state index in [1.807, 2.05) is 0 Å². The SMILES string of the molecule is O=C(Oc1c(OC(=O)C(F)(F)F)c(OC(F)(F)C(F)(F)F)c(OC(F)(F)C(F)(F)F)c(OC(F)(F)C(F)(F)F)c1OC(F)(F)C(F)(F)F)C(F)(F)F. The zero-order chi connectivity index (χ0) is 41.9. The van der Waals surface area contributed by atoms with Gasteiger partial charge in [0.05, 0.1) is 0 Å². The molecule has 1 rings (SSSR count). The lowest BCUT2D eigenvalue weighted by Crippen LogP contribution is -2.45. The van der Waals surface area contributed by atoms with Gasteiger partial charge < -0.3 is 28.4 Å². The summed E-state index contributed by atoms with van der Waals surface area (Å²) in [5.41, 5.74) is 0. The second-order valence-electron chi connectivity index (χ2n) is 8.22. The van der Waals surface area contributed by atoms with E-state index in [1.165, 1.54) is 0 Å². The smallest absolute Gasteiger partial charge is 0.417 e. The van der Waals surface area contributed by atoms with E-state index in [2.05, 4.69) is 28.4 Å². The van der Waals surface area contributed by atoms with Crippen molar-refractivity contribution in [2.45, 2.75) is 61.5 Å². The van der Waals surface area contributed by atoms with Crippen molar-refractivity contribution in [2.75, 3.05) is 0 Å². The molecule has 52 heavy (non-hydrogen) atoms. The highest BCUT2D eigenvalue weighted by Gasteiger charge is 2.68. The monoisotopic (exact) mass is 838 g/mol. The summed E-state index contributed by atoms with van der Waals surface area (Å²) in [4.78, 5) is 22.7. The highest BCUT2D eigenvalue weighted by molar-refractivity contribution is 5.86. The fourth-order valence-electron chi connectivity index (χ4n) is 2.22. The largest absolute Gasteiger partial charge is 0.499 e. The molecule has 0 spiro atoms. The molecule has 0 saturated heterocycles. The molecule has 0 atom stereocenters. The van der Waals surface area contributed by atoms with Gasteiger partial charge in [-0.25, -0.2) is 9.59 Å². The van der Waals surface area contributed by atoms with Gasteiger partial charge in [0.25, 0.3) is 0 Å². The Hall–Kier alpha value is -4.46. The van der Waals surface area contributed by atoms with Crippen molar-refractivity contribution in [1.82, 2.24) is 0 Å². The number of esters is 2. The van der Waals surface area contributed by atoms with Crippen molar-refractivity contribution >= 4 is 11.9 Å². The number of alkyl halides is 26. The molecule has 0 fully saturated rings. The standard InChI is InChI=1S/C18F26O8/c19-9(20,21)7(45)47-1-2(48-8(46)10(22,23)24)4(50-16(39,40)12(28,29)30)6(52-18(43,44)14(34,35)36)5(51-17(41,42)13(31,32)33)3(1)49-15(37,38)11(25,26)27. The topological polar surface area (TPSA) is 89.5 Å². The van der Waals surface area contributed by atoms with Crippen LogP contribution >= 0.6 is 0 Å². The maximum atomic E-state index is 13.9. The summed E-state index contributed by atoms with van der Waals surface area (Å²) in [5, 5.41) is 0. The lowest BCUT2D eigenvalue weighted by Gasteiger charge is -2.31. The molecule has 1 aromatic rings. The van der Waals surface area contributed by atoms with E-state index in [0.29, 0.717) is 0 Å². The lowest BCUT2D eigenvalue weighted by atomic mass is 10.2. The third-order valence-electron chi connectivity index (χ3n) is 4.33. The normalized spacial score (nSPS) is 14.5. The number of rotatable bonds is 10. The molecule has 0 N–H and O–H groups in total. The van der Waals surface area contributed by atoms with Gasteiger partial charge in [-0.2, -0.15) is 114 Å². The molecule has 302 valence electrons. The maximum absolute atomic E-state index is 13.9. The molecule has 0 heterocycles. The Kier molecular flexibility index (Phi) is 11.6. The van der Waals surface area contributed by atoms with Crippen molar-refractivity contribution in [3.8, 4) is 34.5 Å². The Morgan fingerprint density at radius 3 is 0.577 bits per heavy atom. The van der Waals surface area contributed by atoms with Crippen molar-refractivity contribution < 1.29 is 152 Å². The molecule has 0 aliphatic rings. The van der Waals surface area contributed by atoms with Crippen LogP contribution < -0.4 is 28.4 Å². The van der Waals surface area contributed by atoms with E-state index in [-0.39, 0.29) is 0 Å². The molecule has 0 radical (unpaired) electrons. The Bertz CT molecular complexity index is 1380. The second-order valence-corrected chi connectivity index (χ2v) is 8.22. The predicted molar refractivity (Wildman–Crippen MR) is 96.3 cm³/mol. The fraction of sp³-hybridized carbons (Fsp3) is 0.556. The van der Waals surface area contributed by atoms with Crippen LogP contribution in [-0.4, -0.2) is 73.4 Å². The fourth-order valence-corrected chi connectivity index (χ4v) is 2.22. The Labute approximate surface area is 261 Å². The van der Waals surface area contributed by atoms with Gasteiger partial charge in [0.1, 0.15) is 0 Å². The molecule has 0 saturated carbocycles. The molecule has 0 amide bonds. The average molecular weight is 838 g/mol. The van der Waals surface area contributed by atoms with E-state index in [9.17, 15) is 124 Å². The van der Waals surface area contributed by atoms with Crippen molar-refractivity contribution in [1.29, 1.82) is 0 Å². The summed E-state index contributed by atoms with van der Waals surface area (Å²) in [6.07, 6.45) is -75.4. The molecule has 0 unspecified atom stereocenters. The van der Waals surface area contributed by atoms with Gasteiger partial charge in [-0.05, 0) is 0 Å². The summed E-state index contributed by atoms with van der Waals surface area (Å²) < 4.78 is 357. The number of hydrogen-bond acceptors (Lipinski definition) is 8. The minimum Gasteiger partial charge on any atom is -0.417 e. The lowest BCUT2D eigenvalue weighted by molar-refractivity contribution is -0.373. The first kappa shape index (κ1) is 45.6. The maximum Gasteiger partial charge on any atom is 0.499 e. The third-order valence-corrected chi connectivity index (χ3v) is 4.33. The molecule has 0 aliphatic carbocycles. The van der Waals surface area contributed by atoms with Crippen LogP contribution in [0.4, 0.5) is 114 Å². The molecular formula is C18F26O8. The summed E-state index contributed by atoms with van der Waals surface area (Å²) in [7, 11) is 0. The molecule has 34 heteroatoms. The Balaban J connectivity index is 5.09. The second kappa shape index (κ2) is 13.2. The van der Waals surface area contributed by atoms with Crippen LogP contribution in [0.3, 0.4) is 0 Å². The van der Waals surface area contributed by atoms with Crippen LogP contribution in [0.1, 0.15) is 0 Å². The predicted octanol–water partition coefficient (Wildman–Crippen LogP) is 8.76. The summed E-state index contributed by atoms with van der Waals surface area (Å²) in [6.45, 7) is 0. The van der Waals surface area contributed by atoms with Gasteiger partial charge >= 0.3 is 73.4 Å². The van der Waals surface area contributed by atoms with Gasteiger partial charge in [-0.15, -0.1) is 0 Å². The molecule has 1 aromatic carbocycles. The summed E-state index contributed by atoms with van der Waals surface area (Å²) in [6, 6.07) is 0. The minimum atomic E-state index is -7.71. The van der Waals surface area contributed by atoms with Crippen LogP contribution in [0.2, 0.25) is 0 Å². The minimum absolute atomic E-state index is 2.27. The highest BCUT2D eigenvalue weighted by atomic mass is 19.5. The molecule has 0 aromatic heterocycles. The number of hydrogen-bond donors (Lipinski definition) is 0. The number of benzene rings is 1. The van der Waals surface area contributed by atoms with E-state index in [1.54, 1.807) is 0 Å². The van der Waals surface area contributed by atoms with E-state index < -0.39 is 108 Å². The van der Waals surface area contributed by atoms with Crippen molar-refractivity contribution in [2.24, 2.45) is 0 Å². The molecule has 0 bridgehead atoms. The summed E-state index contributed by atoms with van der Waals surface area (Å²) in [5.74, 6) is -35.7. The first-order valence-electron chi connectivity index (χ1n) is 10.8. The number of carbonyl (C=O) groups is 2. The Morgan fingerprint density at radius 1 is 0.288 bits per heavy atom. The van der Waals surface area contributed by atoms with Crippen molar-refractivity contribution in [3.63, 3.8) is 0 Å². The van der Waals surface area contributed by atoms with Gasteiger partial charge in [-0.1, -0.05) is 0 Å². The number of halogens is 26. The van der Waals surface area contributed by atoms with Gasteiger partial charge in [-0.3, -0.25) is 0 Å². The first-order chi connectivity index (χ1) is 22.4. The van der Waals surface area contributed by atoms with Crippen LogP contribution in [0, 0.1) is 0 Å². The van der Waals surface area contributed by atoms with E-state index in [4.69, 9.17) is 0 Å². The van der Waals surface area contributed by atoms with Gasteiger partial charge in [0, 0.05) is 0 Å². The van der Waals surface area contributed by atoms with Crippen LogP contribution in [0.5, 0.6) is 34.5 Å². The number of carbonyl (C=O) groups excluding carboxylic acids is 2.